The zero-order valence-corrected chi connectivity index (χ0v) is 13.2. The summed E-state index contributed by atoms with van der Waals surface area (Å²) in [5.41, 5.74) is 7.34. The highest BCUT2D eigenvalue weighted by atomic mass is 79.9. The second-order valence-electron chi connectivity index (χ2n) is 4.88. The average Bonchev–Trinajstić information content (AvgIpc) is 2.36. The number of nitrogens with zero attached hydrogens (tertiary/aromatic N) is 1. The number of rotatable bonds is 6. The SMILES string of the molecule is Cc1c(N)cnc(NCCC(=O)NCC(C)C)c1Br. The fourth-order valence-corrected chi connectivity index (χ4v) is 1.89. The topological polar surface area (TPSA) is 80.0 Å². The first-order valence-corrected chi connectivity index (χ1v) is 7.12. The Kier molecular flexibility index (Phi) is 6.08. The normalized spacial score (nSPS) is 10.6. The first kappa shape index (κ1) is 15.8. The van der Waals surface area contributed by atoms with Crippen LogP contribution in [0.15, 0.2) is 10.7 Å². The zero-order valence-electron chi connectivity index (χ0n) is 11.6. The van der Waals surface area contributed by atoms with Crippen molar-refractivity contribution >= 4 is 33.3 Å². The second-order valence-corrected chi connectivity index (χ2v) is 5.67. The van der Waals surface area contributed by atoms with E-state index in [1.54, 1.807) is 6.20 Å². The average molecular weight is 329 g/mol. The Labute approximate surface area is 122 Å². The summed E-state index contributed by atoms with van der Waals surface area (Å²) < 4.78 is 0.843. The number of halogens is 1. The van der Waals surface area contributed by atoms with E-state index in [-0.39, 0.29) is 5.91 Å². The van der Waals surface area contributed by atoms with E-state index in [2.05, 4.69) is 45.4 Å². The summed E-state index contributed by atoms with van der Waals surface area (Å²) in [7, 11) is 0. The van der Waals surface area contributed by atoms with Gasteiger partial charge in [-0.1, -0.05) is 13.8 Å². The van der Waals surface area contributed by atoms with Crippen LogP contribution in [-0.2, 0) is 4.79 Å². The molecule has 0 saturated carbocycles. The van der Waals surface area contributed by atoms with Crippen LogP contribution < -0.4 is 16.4 Å². The minimum Gasteiger partial charge on any atom is -0.397 e. The summed E-state index contributed by atoms with van der Waals surface area (Å²) >= 11 is 3.44. The highest BCUT2D eigenvalue weighted by Gasteiger charge is 2.08. The summed E-state index contributed by atoms with van der Waals surface area (Å²) in [5.74, 6) is 1.22. The Hall–Kier alpha value is -1.30. The summed E-state index contributed by atoms with van der Waals surface area (Å²) in [6.07, 6.45) is 2.03. The van der Waals surface area contributed by atoms with Crippen LogP contribution in [0.25, 0.3) is 0 Å². The fourth-order valence-electron chi connectivity index (χ4n) is 1.42. The maximum absolute atomic E-state index is 11.5. The van der Waals surface area contributed by atoms with Crippen LogP contribution in [0, 0.1) is 12.8 Å². The number of anilines is 2. The number of carbonyl (C=O) groups excluding carboxylic acids is 1. The molecule has 0 radical (unpaired) electrons. The minimum atomic E-state index is 0.0458. The van der Waals surface area contributed by atoms with Gasteiger partial charge in [0.05, 0.1) is 16.4 Å². The number of pyridine rings is 1. The molecule has 5 nitrogen and oxygen atoms in total. The summed E-state index contributed by atoms with van der Waals surface area (Å²) in [4.78, 5) is 15.7. The molecule has 0 spiro atoms. The molecule has 1 rings (SSSR count). The molecule has 4 N–H and O–H groups in total. The summed E-state index contributed by atoms with van der Waals surface area (Å²) in [5, 5.41) is 6.00. The van der Waals surface area contributed by atoms with E-state index in [1.807, 2.05) is 6.92 Å². The van der Waals surface area contributed by atoms with Gasteiger partial charge in [-0.25, -0.2) is 4.98 Å². The van der Waals surface area contributed by atoms with Gasteiger partial charge in [-0.05, 0) is 34.3 Å². The van der Waals surface area contributed by atoms with Gasteiger partial charge in [-0.15, -0.1) is 0 Å². The zero-order chi connectivity index (χ0) is 14.4. The number of nitrogens with two attached hydrogens (primary N) is 1. The lowest BCUT2D eigenvalue weighted by atomic mass is 10.2. The molecule has 0 fully saturated rings. The van der Waals surface area contributed by atoms with Crippen LogP contribution in [0.4, 0.5) is 11.5 Å². The molecule has 0 bridgehead atoms. The van der Waals surface area contributed by atoms with E-state index in [1.165, 1.54) is 0 Å². The first-order valence-electron chi connectivity index (χ1n) is 6.33. The van der Waals surface area contributed by atoms with Crippen molar-refractivity contribution in [2.24, 2.45) is 5.92 Å². The maximum atomic E-state index is 11.5. The third-order valence-corrected chi connectivity index (χ3v) is 3.63. The van der Waals surface area contributed by atoms with E-state index >= 15 is 0 Å². The predicted octanol–water partition coefficient (Wildman–Crippen LogP) is 2.31. The van der Waals surface area contributed by atoms with Crippen molar-refractivity contribution in [3.63, 3.8) is 0 Å². The number of aromatic nitrogens is 1. The smallest absolute Gasteiger partial charge is 0.221 e. The van der Waals surface area contributed by atoms with Crippen molar-refractivity contribution in [2.75, 3.05) is 24.1 Å². The van der Waals surface area contributed by atoms with Crippen LogP contribution in [0.3, 0.4) is 0 Å². The molecule has 19 heavy (non-hydrogen) atoms. The van der Waals surface area contributed by atoms with Crippen molar-refractivity contribution in [2.45, 2.75) is 27.2 Å². The molecule has 0 aromatic carbocycles. The third kappa shape index (κ3) is 5.06. The van der Waals surface area contributed by atoms with Gasteiger partial charge < -0.3 is 16.4 Å². The van der Waals surface area contributed by atoms with Gasteiger partial charge in [0.25, 0.3) is 0 Å². The van der Waals surface area contributed by atoms with E-state index in [9.17, 15) is 4.79 Å². The van der Waals surface area contributed by atoms with E-state index in [0.717, 1.165) is 10.0 Å². The van der Waals surface area contributed by atoms with Crippen molar-refractivity contribution in [3.05, 3.63) is 16.2 Å². The van der Waals surface area contributed by atoms with Crippen LogP contribution in [-0.4, -0.2) is 24.0 Å². The van der Waals surface area contributed by atoms with E-state index < -0.39 is 0 Å². The lowest BCUT2D eigenvalue weighted by molar-refractivity contribution is -0.120. The van der Waals surface area contributed by atoms with Gasteiger partial charge in [0.15, 0.2) is 0 Å². The molecule has 0 aliphatic rings. The van der Waals surface area contributed by atoms with Crippen molar-refractivity contribution in [1.29, 1.82) is 0 Å². The maximum Gasteiger partial charge on any atom is 0.221 e. The minimum absolute atomic E-state index is 0.0458. The molecular weight excluding hydrogens is 308 g/mol. The molecule has 0 aliphatic heterocycles. The van der Waals surface area contributed by atoms with Gasteiger partial charge in [0.1, 0.15) is 5.82 Å². The number of nitrogen functional groups attached to an aromatic ring is 1. The number of hydrogen-bond acceptors (Lipinski definition) is 4. The Morgan fingerprint density at radius 2 is 2.21 bits per heavy atom. The third-order valence-electron chi connectivity index (χ3n) is 2.65. The van der Waals surface area contributed by atoms with Crippen LogP contribution in [0.5, 0.6) is 0 Å². The Morgan fingerprint density at radius 3 is 2.84 bits per heavy atom. The summed E-state index contributed by atoms with van der Waals surface area (Å²) in [6.45, 7) is 7.30. The lowest BCUT2D eigenvalue weighted by Crippen LogP contribution is -2.28. The van der Waals surface area contributed by atoms with Gasteiger partial charge in [0.2, 0.25) is 5.91 Å². The van der Waals surface area contributed by atoms with Crippen LogP contribution in [0.2, 0.25) is 0 Å². The van der Waals surface area contributed by atoms with E-state index in [4.69, 9.17) is 5.73 Å². The number of carbonyl (C=O) groups is 1. The fraction of sp³-hybridized carbons (Fsp3) is 0.538. The monoisotopic (exact) mass is 328 g/mol. The van der Waals surface area contributed by atoms with Crippen molar-refractivity contribution in [3.8, 4) is 0 Å². The molecule has 1 amide bonds. The lowest BCUT2D eigenvalue weighted by Gasteiger charge is -2.11. The quantitative estimate of drug-likeness (QED) is 0.748. The van der Waals surface area contributed by atoms with Crippen molar-refractivity contribution in [1.82, 2.24) is 10.3 Å². The van der Waals surface area contributed by atoms with E-state index in [0.29, 0.717) is 36.9 Å². The number of nitrogens with one attached hydrogen (secondary N) is 2. The predicted molar refractivity (Wildman–Crippen MR) is 82.0 cm³/mol. The molecular formula is C13H21BrN4O. The molecule has 0 unspecified atom stereocenters. The Balaban J connectivity index is 2.41. The van der Waals surface area contributed by atoms with Gasteiger partial charge >= 0.3 is 0 Å². The highest BCUT2D eigenvalue weighted by Crippen LogP contribution is 2.27. The molecule has 0 saturated heterocycles. The Bertz CT molecular complexity index is 449. The van der Waals surface area contributed by atoms with Gasteiger partial charge in [0, 0.05) is 19.5 Å². The Morgan fingerprint density at radius 1 is 1.53 bits per heavy atom. The molecule has 0 atom stereocenters. The van der Waals surface area contributed by atoms with Gasteiger partial charge in [-0.3, -0.25) is 4.79 Å². The standard InChI is InChI=1S/C13H21BrN4O/c1-8(2)6-17-11(19)4-5-16-13-12(14)9(3)10(15)7-18-13/h7-8H,4-6,15H2,1-3H3,(H,16,18)(H,17,19). The molecule has 6 heteroatoms. The molecule has 1 aromatic rings. The molecule has 1 aromatic heterocycles. The van der Waals surface area contributed by atoms with Gasteiger partial charge in [-0.2, -0.15) is 0 Å². The van der Waals surface area contributed by atoms with Crippen molar-refractivity contribution < 1.29 is 4.79 Å². The van der Waals surface area contributed by atoms with Crippen LogP contribution in [0.1, 0.15) is 25.8 Å². The molecule has 0 aliphatic carbocycles. The molecule has 1 heterocycles. The first-order chi connectivity index (χ1) is 8.91. The highest BCUT2D eigenvalue weighted by molar-refractivity contribution is 9.10. The summed E-state index contributed by atoms with van der Waals surface area (Å²) in [6, 6.07) is 0. The number of amides is 1. The largest absolute Gasteiger partial charge is 0.397 e. The number of hydrogen-bond donors (Lipinski definition) is 3. The second kappa shape index (κ2) is 7.33. The molecule has 106 valence electrons. The van der Waals surface area contributed by atoms with Crippen LogP contribution >= 0.6 is 15.9 Å².